The Labute approximate surface area is 292 Å². The van der Waals surface area contributed by atoms with Crippen molar-refractivity contribution in [3.8, 4) is 22.3 Å². The predicted octanol–water partition coefficient (Wildman–Crippen LogP) is 14.4. The number of anilines is 3. The first kappa shape index (κ1) is 28.3. The second-order valence-corrected chi connectivity index (χ2v) is 14.6. The summed E-state index contributed by atoms with van der Waals surface area (Å²) in [6.07, 6.45) is 0. The molecule has 0 atom stereocenters. The highest BCUT2D eigenvalue weighted by Crippen LogP contribution is 2.48. The number of benzene rings is 8. The predicted molar refractivity (Wildman–Crippen MR) is 215 cm³/mol. The van der Waals surface area contributed by atoms with Gasteiger partial charge in [0.05, 0.1) is 11.4 Å². The van der Waals surface area contributed by atoms with Gasteiger partial charge in [-0.1, -0.05) is 127 Å². The minimum atomic E-state index is 1.12. The van der Waals surface area contributed by atoms with Crippen molar-refractivity contribution >= 4 is 90.9 Å². The third-order valence-electron chi connectivity index (χ3n) is 9.68. The summed E-state index contributed by atoms with van der Waals surface area (Å²) in [6.45, 7) is 0. The lowest BCUT2D eigenvalue weighted by atomic mass is 9.96. The zero-order valence-corrected chi connectivity index (χ0v) is 28.1. The highest BCUT2D eigenvalue weighted by molar-refractivity contribution is 7.26. The second kappa shape index (κ2) is 11.5. The van der Waals surface area contributed by atoms with Gasteiger partial charge in [0.1, 0.15) is 0 Å². The van der Waals surface area contributed by atoms with E-state index in [0.29, 0.717) is 0 Å². The number of hydrogen-bond donors (Lipinski definition) is 0. The lowest BCUT2D eigenvalue weighted by molar-refractivity contribution is 1.30. The van der Waals surface area contributed by atoms with E-state index in [4.69, 9.17) is 0 Å². The summed E-state index contributed by atoms with van der Waals surface area (Å²) in [5.74, 6) is 0. The van der Waals surface area contributed by atoms with E-state index in [0.717, 1.165) is 17.1 Å². The molecule has 0 aliphatic rings. The van der Waals surface area contributed by atoms with Crippen LogP contribution in [-0.2, 0) is 0 Å². The first-order chi connectivity index (χ1) is 24.3. The number of rotatable bonds is 5. The molecule has 10 rings (SSSR count). The van der Waals surface area contributed by atoms with Crippen molar-refractivity contribution in [3.63, 3.8) is 0 Å². The molecule has 0 saturated carbocycles. The van der Waals surface area contributed by atoms with Gasteiger partial charge in [0.15, 0.2) is 0 Å². The quantitative estimate of drug-likeness (QED) is 0.178. The molecule has 0 unspecified atom stereocenters. The van der Waals surface area contributed by atoms with Crippen LogP contribution in [0.25, 0.3) is 73.4 Å². The largest absolute Gasteiger partial charge is 0.309 e. The first-order valence-electron chi connectivity index (χ1n) is 16.6. The maximum atomic E-state index is 2.45. The molecule has 230 valence electrons. The fraction of sp³-hybridized carbons (Fsp3) is 0. The molecule has 0 aliphatic carbocycles. The van der Waals surface area contributed by atoms with E-state index in [1.807, 2.05) is 22.7 Å². The van der Waals surface area contributed by atoms with Crippen LogP contribution in [0, 0.1) is 0 Å². The topological polar surface area (TPSA) is 3.24 Å². The number of hydrogen-bond acceptors (Lipinski definition) is 3. The van der Waals surface area contributed by atoms with Gasteiger partial charge >= 0.3 is 0 Å². The third-order valence-corrected chi connectivity index (χ3v) is 12.0. The van der Waals surface area contributed by atoms with Gasteiger partial charge in [0.2, 0.25) is 0 Å². The van der Waals surface area contributed by atoms with E-state index in [1.54, 1.807) is 0 Å². The number of para-hydroxylation sites is 1. The zero-order chi connectivity index (χ0) is 32.3. The van der Waals surface area contributed by atoms with Gasteiger partial charge in [-0.3, -0.25) is 0 Å². The van der Waals surface area contributed by atoms with Crippen LogP contribution in [0.3, 0.4) is 0 Å². The van der Waals surface area contributed by atoms with Crippen LogP contribution < -0.4 is 4.90 Å². The lowest BCUT2D eigenvalue weighted by Crippen LogP contribution is -2.11. The Morgan fingerprint density at radius 2 is 0.816 bits per heavy atom. The van der Waals surface area contributed by atoms with Crippen LogP contribution in [0.1, 0.15) is 0 Å². The smallest absolute Gasteiger partial charge is 0.0540 e. The van der Waals surface area contributed by atoms with Crippen LogP contribution in [0.15, 0.2) is 176 Å². The normalized spacial score (nSPS) is 11.7. The average Bonchev–Trinajstić information content (AvgIpc) is 3.74. The molecule has 0 N–H and O–H groups in total. The number of thiophene rings is 2. The molecule has 8 aromatic carbocycles. The molecule has 1 nitrogen and oxygen atoms in total. The van der Waals surface area contributed by atoms with E-state index < -0.39 is 0 Å². The molecule has 2 heterocycles. The summed E-state index contributed by atoms with van der Waals surface area (Å²) >= 11 is 3.74. The Kier molecular flexibility index (Phi) is 6.61. The Balaban J connectivity index is 1.20. The van der Waals surface area contributed by atoms with Crippen LogP contribution >= 0.6 is 22.7 Å². The molecule has 3 heteroatoms. The van der Waals surface area contributed by atoms with Crippen LogP contribution in [-0.4, -0.2) is 0 Å². The first-order valence-corrected chi connectivity index (χ1v) is 18.2. The highest BCUT2D eigenvalue weighted by atomic mass is 32.1. The summed E-state index contributed by atoms with van der Waals surface area (Å²) in [7, 11) is 0. The van der Waals surface area contributed by atoms with E-state index in [1.165, 1.54) is 73.4 Å². The second-order valence-electron chi connectivity index (χ2n) is 12.5. The van der Waals surface area contributed by atoms with Crippen LogP contribution in [0.5, 0.6) is 0 Å². The van der Waals surface area contributed by atoms with Crippen molar-refractivity contribution in [2.75, 3.05) is 4.90 Å². The third kappa shape index (κ3) is 4.58. The van der Waals surface area contributed by atoms with Gasteiger partial charge in [-0.25, -0.2) is 0 Å². The summed E-state index contributed by atoms with van der Waals surface area (Å²) in [5.41, 5.74) is 8.39. The van der Waals surface area contributed by atoms with Crippen molar-refractivity contribution in [1.29, 1.82) is 0 Å². The van der Waals surface area contributed by atoms with E-state index in [9.17, 15) is 0 Å². The molecule has 0 amide bonds. The standard InChI is InChI=1S/C46H29NS2/c1-2-14-33-30(12-1)13-9-21-39(33)47(32-28-26-31(27-29-32)34-18-10-24-43-45(34)37-16-4-7-22-41(37)48-43)40-20-6-3-15-35(40)36-19-11-25-44-46(36)38-17-5-8-23-42(38)49-44/h1-29H. The van der Waals surface area contributed by atoms with Crippen molar-refractivity contribution < 1.29 is 0 Å². The summed E-state index contributed by atoms with van der Waals surface area (Å²) in [4.78, 5) is 2.45. The molecule has 0 bridgehead atoms. The molecular formula is C46H29NS2. The molecule has 0 radical (unpaired) electrons. The van der Waals surface area contributed by atoms with Crippen molar-refractivity contribution in [1.82, 2.24) is 0 Å². The Bertz CT molecular complexity index is 2830. The van der Waals surface area contributed by atoms with Gasteiger partial charge in [0, 0.05) is 57.0 Å². The molecule has 0 fully saturated rings. The minimum Gasteiger partial charge on any atom is -0.309 e. The minimum absolute atomic E-state index is 1.12. The molecule has 2 aromatic heterocycles. The average molecular weight is 660 g/mol. The molecule has 49 heavy (non-hydrogen) atoms. The van der Waals surface area contributed by atoms with Gasteiger partial charge in [-0.15, -0.1) is 22.7 Å². The fourth-order valence-corrected chi connectivity index (χ4v) is 9.78. The van der Waals surface area contributed by atoms with Crippen LogP contribution in [0.4, 0.5) is 17.1 Å². The maximum absolute atomic E-state index is 2.45. The summed E-state index contributed by atoms with van der Waals surface area (Å²) in [6, 6.07) is 64.4. The highest BCUT2D eigenvalue weighted by Gasteiger charge is 2.21. The summed E-state index contributed by atoms with van der Waals surface area (Å²) in [5, 5.41) is 7.73. The van der Waals surface area contributed by atoms with Crippen LogP contribution in [0.2, 0.25) is 0 Å². The SMILES string of the molecule is c1ccc(N(c2ccc(-c3cccc4sc5ccccc5c34)cc2)c2cccc3ccccc23)c(-c2cccc3sc4ccccc4c23)c1. The fourth-order valence-electron chi connectivity index (χ4n) is 7.51. The Morgan fingerprint density at radius 1 is 0.327 bits per heavy atom. The molecule has 0 spiro atoms. The van der Waals surface area contributed by atoms with Crippen molar-refractivity contribution in [2.24, 2.45) is 0 Å². The van der Waals surface area contributed by atoms with Crippen molar-refractivity contribution in [3.05, 3.63) is 176 Å². The number of fused-ring (bicyclic) bond motifs is 7. The van der Waals surface area contributed by atoms with E-state index in [2.05, 4.69) is 181 Å². The Hall–Kier alpha value is -5.74. The summed E-state index contributed by atoms with van der Waals surface area (Å²) < 4.78 is 5.28. The van der Waals surface area contributed by atoms with E-state index >= 15 is 0 Å². The lowest BCUT2D eigenvalue weighted by Gasteiger charge is -2.29. The van der Waals surface area contributed by atoms with Gasteiger partial charge < -0.3 is 4.90 Å². The zero-order valence-electron chi connectivity index (χ0n) is 26.5. The number of nitrogens with zero attached hydrogens (tertiary/aromatic N) is 1. The van der Waals surface area contributed by atoms with Gasteiger partial charge in [-0.05, 0) is 70.6 Å². The van der Waals surface area contributed by atoms with Crippen molar-refractivity contribution in [2.45, 2.75) is 0 Å². The molecule has 0 aliphatic heterocycles. The van der Waals surface area contributed by atoms with Gasteiger partial charge in [-0.2, -0.15) is 0 Å². The Morgan fingerprint density at radius 3 is 1.55 bits per heavy atom. The molecular weight excluding hydrogens is 631 g/mol. The molecule has 10 aromatic rings. The maximum Gasteiger partial charge on any atom is 0.0540 e. The molecule has 0 saturated heterocycles. The van der Waals surface area contributed by atoms with Gasteiger partial charge in [0.25, 0.3) is 0 Å². The monoisotopic (exact) mass is 659 g/mol. The van der Waals surface area contributed by atoms with E-state index in [-0.39, 0.29) is 0 Å².